The summed E-state index contributed by atoms with van der Waals surface area (Å²) in [4.78, 5) is 31.5. The van der Waals surface area contributed by atoms with Gasteiger partial charge in [-0.1, -0.05) is 48.0 Å². The molecule has 0 saturated carbocycles. The normalized spacial score (nSPS) is 11.3. The van der Waals surface area contributed by atoms with Crippen molar-refractivity contribution in [3.05, 3.63) is 64.8 Å². The molecular formula is C24H25ClN2O4. The molecule has 0 aliphatic heterocycles. The van der Waals surface area contributed by atoms with E-state index in [9.17, 15) is 9.59 Å². The molecule has 1 N–H and O–H groups in total. The molecule has 0 bridgehead atoms. The fraction of sp³-hybridized carbons (Fsp3) is 0.292. The van der Waals surface area contributed by atoms with Gasteiger partial charge < -0.3 is 14.5 Å². The number of carbonyl (C=O) groups is 2. The smallest absolute Gasteiger partial charge is 0.357 e. The molecule has 1 heterocycles. The third kappa shape index (κ3) is 6.18. The van der Waals surface area contributed by atoms with Crippen LogP contribution in [0.3, 0.4) is 0 Å². The summed E-state index contributed by atoms with van der Waals surface area (Å²) in [6.07, 6.45) is 0.622. The molecule has 0 unspecified atom stereocenters. The lowest BCUT2D eigenvalue weighted by atomic mass is 10.1. The van der Waals surface area contributed by atoms with Crippen LogP contribution in [0.2, 0.25) is 5.02 Å². The minimum atomic E-state index is -0.636. The van der Waals surface area contributed by atoms with Gasteiger partial charge in [0.1, 0.15) is 17.1 Å². The Labute approximate surface area is 186 Å². The number of H-pyrrole nitrogens is 1. The zero-order chi connectivity index (χ0) is 22.6. The van der Waals surface area contributed by atoms with Crippen LogP contribution in [0, 0.1) is 0 Å². The lowest BCUT2D eigenvalue weighted by molar-refractivity contribution is -0.140. The van der Waals surface area contributed by atoms with Crippen molar-refractivity contribution in [3.63, 3.8) is 0 Å². The lowest BCUT2D eigenvalue weighted by Gasteiger charge is -2.19. The molecule has 0 aliphatic carbocycles. The van der Waals surface area contributed by atoms with Crippen molar-refractivity contribution in [2.75, 3.05) is 6.61 Å². The van der Waals surface area contributed by atoms with Crippen LogP contribution in [-0.2, 0) is 20.7 Å². The molecule has 0 amide bonds. The Morgan fingerprint density at radius 1 is 1.00 bits per heavy atom. The minimum Gasteiger partial charge on any atom is -0.466 e. The van der Waals surface area contributed by atoms with E-state index in [4.69, 9.17) is 21.1 Å². The molecular weight excluding hydrogens is 416 g/mol. The summed E-state index contributed by atoms with van der Waals surface area (Å²) in [5, 5.41) is 0.600. The van der Waals surface area contributed by atoms with Crippen LogP contribution in [-0.4, -0.2) is 34.1 Å². The van der Waals surface area contributed by atoms with Crippen LogP contribution in [0.25, 0.3) is 22.6 Å². The fourth-order valence-corrected chi connectivity index (χ4v) is 3.07. The monoisotopic (exact) mass is 440 g/mol. The minimum absolute atomic E-state index is 0.284. The standard InChI is InChI=1S/C24H25ClN2O4/c1-15(28)30-14-13-16-5-7-18(8-6-16)22-26-20(17-9-11-19(25)12-10-17)21(27-22)23(29)31-24(2,3)4/h5-12H,13-14H2,1-4H3,(H,26,27). The zero-order valence-corrected chi connectivity index (χ0v) is 18.7. The largest absolute Gasteiger partial charge is 0.466 e. The van der Waals surface area contributed by atoms with E-state index in [2.05, 4.69) is 9.97 Å². The van der Waals surface area contributed by atoms with E-state index in [1.54, 1.807) is 12.1 Å². The van der Waals surface area contributed by atoms with Crippen LogP contribution >= 0.6 is 11.6 Å². The van der Waals surface area contributed by atoms with Crippen molar-refractivity contribution in [2.45, 2.75) is 39.7 Å². The molecule has 0 atom stereocenters. The number of aromatic nitrogens is 2. The average molecular weight is 441 g/mol. The Morgan fingerprint density at radius 3 is 2.19 bits per heavy atom. The maximum atomic E-state index is 12.8. The summed E-state index contributed by atoms with van der Waals surface area (Å²) < 4.78 is 10.5. The Morgan fingerprint density at radius 2 is 1.61 bits per heavy atom. The number of nitrogens with one attached hydrogen (secondary N) is 1. The highest BCUT2D eigenvalue weighted by Gasteiger charge is 2.25. The first-order valence-corrected chi connectivity index (χ1v) is 10.3. The zero-order valence-electron chi connectivity index (χ0n) is 18.0. The quantitative estimate of drug-likeness (QED) is 0.515. The Kier molecular flexibility index (Phi) is 6.81. The summed E-state index contributed by atoms with van der Waals surface area (Å²) in [6, 6.07) is 14.8. The molecule has 6 nitrogen and oxygen atoms in total. The van der Waals surface area contributed by atoms with E-state index < -0.39 is 11.6 Å². The van der Waals surface area contributed by atoms with Crippen LogP contribution in [0.15, 0.2) is 48.5 Å². The first kappa shape index (κ1) is 22.6. The van der Waals surface area contributed by atoms with E-state index in [1.165, 1.54) is 6.92 Å². The van der Waals surface area contributed by atoms with Gasteiger partial charge in [-0.15, -0.1) is 0 Å². The second-order valence-electron chi connectivity index (χ2n) is 8.10. The molecule has 3 aromatic rings. The summed E-state index contributed by atoms with van der Waals surface area (Å²) in [6.45, 7) is 7.18. The van der Waals surface area contributed by atoms with E-state index in [0.29, 0.717) is 29.6 Å². The summed E-state index contributed by atoms with van der Waals surface area (Å²) in [7, 11) is 0. The van der Waals surface area contributed by atoms with Crippen molar-refractivity contribution in [1.29, 1.82) is 0 Å². The number of nitrogens with zero attached hydrogens (tertiary/aromatic N) is 1. The second-order valence-corrected chi connectivity index (χ2v) is 8.54. The Bertz CT molecular complexity index is 1060. The van der Waals surface area contributed by atoms with Gasteiger partial charge in [-0.25, -0.2) is 9.78 Å². The third-order valence-corrected chi connectivity index (χ3v) is 4.60. The SMILES string of the molecule is CC(=O)OCCc1ccc(-c2nc(-c3ccc(Cl)cc3)c(C(=O)OC(C)(C)C)[nH]2)cc1. The van der Waals surface area contributed by atoms with Crippen molar-refractivity contribution < 1.29 is 19.1 Å². The number of imidazole rings is 1. The van der Waals surface area contributed by atoms with E-state index >= 15 is 0 Å². The molecule has 1 aromatic heterocycles. The highest BCUT2D eigenvalue weighted by atomic mass is 35.5. The van der Waals surface area contributed by atoms with Crippen molar-refractivity contribution in [1.82, 2.24) is 9.97 Å². The van der Waals surface area contributed by atoms with Gasteiger partial charge in [0.2, 0.25) is 0 Å². The number of halogens is 1. The maximum Gasteiger partial charge on any atom is 0.357 e. The van der Waals surface area contributed by atoms with Gasteiger partial charge in [0.25, 0.3) is 0 Å². The van der Waals surface area contributed by atoms with Gasteiger partial charge in [0.15, 0.2) is 5.69 Å². The third-order valence-electron chi connectivity index (χ3n) is 4.35. The number of hydrogen-bond acceptors (Lipinski definition) is 5. The highest BCUT2D eigenvalue weighted by Crippen LogP contribution is 2.29. The van der Waals surface area contributed by atoms with Gasteiger partial charge in [-0.3, -0.25) is 4.79 Å². The second kappa shape index (κ2) is 9.35. The Balaban J connectivity index is 1.92. The fourth-order valence-electron chi connectivity index (χ4n) is 2.95. The van der Waals surface area contributed by atoms with Gasteiger partial charge in [0.05, 0.1) is 6.61 Å². The van der Waals surface area contributed by atoms with Crippen molar-refractivity contribution in [3.8, 4) is 22.6 Å². The van der Waals surface area contributed by atoms with Gasteiger partial charge in [-0.2, -0.15) is 0 Å². The van der Waals surface area contributed by atoms with Gasteiger partial charge >= 0.3 is 11.9 Å². The molecule has 0 saturated heterocycles. The molecule has 7 heteroatoms. The number of benzene rings is 2. The van der Waals surface area contributed by atoms with Crippen LogP contribution in [0.5, 0.6) is 0 Å². The van der Waals surface area contributed by atoms with Gasteiger partial charge in [0, 0.05) is 29.5 Å². The van der Waals surface area contributed by atoms with Crippen LogP contribution < -0.4 is 0 Å². The number of rotatable bonds is 6. The number of aromatic amines is 1. The van der Waals surface area contributed by atoms with Gasteiger partial charge in [-0.05, 0) is 38.5 Å². The summed E-state index contributed by atoms with van der Waals surface area (Å²) >= 11 is 6.01. The van der Waals surface area contributed by atoms with Crippen molar-refractivity contribution >= 4 is 23.5 Å². The maximum absolute atomic E-state index is 12.8. The number of carbonyl (C=O) groups excluding carboxylic acids is 2. The van der Waals surface area contributed by atoms with E-state index in [0.717, 1.165) is 16.7 Å². The topological polar surface area (TPSA) is 81.3 Å². The lowest BCUT2D eigenvalue weighted by Crippen LogP contribution is -2.24. The van der Waals surface area contributed by atoms with Crippen LogP contribution in [0.4, 0.5) is 0 Å². The Hall–Kier alpha value is -3.12. The average Bonchev–Trinajstić information content (AvgIpc) is 3.13. The first-order valence-electron chi connectivity index (χ1n) is 9.94. The highest BCUT2D eigenvalue weighted by molar-refractivity contribution is 6.30. The predicted molar refractivity (Wildman–Crippen MR) is 120 cm³/mol. The predicted octanol–water partition coefficient (Wildman–Crippen LogP) is 5.46. The summed E-state index contributed by atoms with van der Waals surface area (Å²) in [5.74, 6) is -0.219. The molecule has 31 heavy (non-hydrogen) atoms. The van der Waals surface area contributed by atoms with E-state index in [-0.39, 0.29) is 11.7 Å². The number of esters is 2. The van der Waals surface area contributed by atoms with Crippen LogP contribution in [0.1, 0.15) is 43.7 Å². The number of hydrogen-bond donors (Lipinski definition) is 1. The summed E-state index contributed by atoms with van der Waals surface area (Å²) in [5.41, 5.74) is 2.75. The molecule has 0 radical (unpaired) electrons. The van der Waals surface area contributed by atoms with E-state index in [1.807, 2.05) is 57.2 Å². The first-order chi connectivity index (χ1) is 14.6. The molecule has 3 rings (SSSR count). The molecule has 162 valence electrons. The molecule has 0 fully saturated rings. The number of ether oxygens (including phenoxy) is 2. The van der Waals surface area contributed by atoms with Crippen molar-refractivity contribution in [2.24, 2.45) is 0 Å². The molecule has 0 spiro atoms. The molecule has 2 aromatic carbocycles. The molecule has 0 aliphatic rings.